The van der Waals surface area contributed by atoms with Gasteiger partial charge in [0.05, 0.1) is 17.7 Å². The number of esters is 1. The van der Waals surface area contributed by atoms with E-state index in [9.17, 15) is 9.59 Å². The van der Waals surface area contributed by atoms with Crippen molar-refractivity contribution in [1.82, 2.24) is 0 Å². The summed E-state index contributed by atoms with van der Waals surface area (Å²) >= 11 is 6.08. The predicted octanol–water partition coefficient (Wildman–Crippen LogP) is 6.10. The average Bonchev–Trinajstić information content (AvgIpc) is 2.73. The SMILES string of the molecule is COc1ccc(C(C)(C)c2ccc(OC(=O)c3ccc(C(C)=O)c(Cl)c3)cc2)cc1. The van der Waals surface area contributed by atoms with Crippen molar-refractivity contribution >= 4 is 23.4 Å². The molecule has 154 valence electrons. The molecule has 0 spiro atoms. The molecule has 0 unspecified atom stereocenters. The Kier molecular flexibility index (Phi) is 6.28. The fraction of sp³-hybridized carbons (Fsp3) is 0.200. The van der Waals surface area contributed by atoms with Crippen LogP contribution < -0.4 is 9.47 Å². The molecule has 3 rings (SSSR count). The lowest BCUT2D eigenvalue weighted by molar-refractivity contribution is 0.0734. The highest BCUT2D eigenvalue weighted by atomic mass is 35.5. The molecule has 0 saturated heterocycles. The number of carbonyl (C=O) groups excluding carboxylic acids is 2. The van der Waals surface area contributed by atoms with Gasteiger partial charge in [-0.2, -0.15) is 0 Å². The molecule has 0 fully saturated rings. The summed E-state index contributed by atoms with van der Waals surface area (Å²) in [5, 5.41) is 0.230. The van der Waals surface area contributed by atoms with Crippen molar-refractivity contribution in [1.29, 1.82) is 0 Å². The minimum atomic E-state index is -0.533. The molecule has 0 radical (unpaired) electrons. The normalized spacial score (nSPS) is 11.1. The van der Waals surface area contributed by atoms with Crippen LogP contribution in [0.5, 0.6) is 11.5 Å². The van der Waals surface area contributed by atoms with Crippen LogP contribution in [0.1, 0.15) is 52.6 Å². The Hall–Kier alpha value is -3.11. The van der Waals surface area contributed by atoms with Crippen LogP contribution in [0.15, 0.2) is 66.7 Å². The predicted molar refractivity (Wildman–Crippen MR) is 118 cm³/mol. The molecule has 30 heavy (non-hydrogen) atoms. The molecule has 0 atom stereocenters. The van der Waals surface area contributed by atoms with Gasteiger partial charge in [-0.1, -0.05) is 49.7 Å². The first-order valence-corrected chi connectivity index (χ1v) is 9.88. The fourth-order valence-corrected chi connectivity index (χ4v) is 3.52. The Bertz CT molecular complexity index is 1070. The van der Waals surface area contributed by atoms with E-state index in [2.05, 4.69) is 13.8 Å². The highest BCUT2D eigenvalue weighted by Gasteiger charge is 2.23. The van der Waals surface area contributed by atoms with E-state index in [1.54, 1.807) is 19.2 Å². The van der Waals surface area contributed by atoms with Gasteiger partial charge in [0.2, 0.25) is 0 Å². The number of rotatable bonds is 6. The van der Waals surface area contributed by atoms with E-state index in [1.807, 2.05) is 36.4 Å². The van der Waals surface area contributed by atoms with Crippen molar-refractivity contribution in [2.75, 3.05) is 7.11 Å². The smallest absolute Gasteiger partial charge is 0.343 e. The molecule has 0 aliphatic carbocycles. The van der Waals surface area contributed by atoms with E-state index in [0.717, 1.165) is 16.9 Å². The molecule has 3 aromatic carbocycles. The first-order valence-electron chi connectivity index (χ1n) is 9.50. The van der Waals surface area contributed by atoms with Crippen molar-refractivity contribution in [3.8, 4) is 11.5 Å². The number of ketones is 1. The van der Waals surface area contributed by atoms with Crippen molar-refractivity contribution in [3.05, 3.63) is 94.0 Å². The van der Waals surface area contributed by atoms with Gasteiger partial charge in [0.25, 0.3) is 0 Å². The summed E-state index contributed by atoms with van der Waals surface area (Å²) in [4.78, 5) is 23.9. The Labute approximate surface area is 181 Å². The lowest BCUT2D eigenvalue weighted by Crippen LogP contribution is -2.18. The minimum Gasteiger partial charge on any atom is -0.497 e. The van der Waals surface area contributed by atoms with Crippen LogP contribution in [0.2, 0.25) is 5.02 Å². The van der Waals surface area contributed by atoms with Crippen molar-refractivity contribution < 1.29 is 19.1 Å². The molecule has 0 aliphatic heterocycles. The van der Waals surface area contributed by atoms with E-state index in [4.69, 9.17) is 21.1 Å². The molecular formula is C25H23ClO4. The van der Waals surface area contributed by atoms with Gasteiger partial charge in [0, 0.05) is 11.0 Å². The van der Waals surface area contributed by atoms with Gasteiger partial charge < -0.3 is 9.47 Å². The second kappa shape index (κ2) is 8.72. The van der Waals surface area contributed by atoms with Crippen molar-refractivity contribution in [3.63, 3.8) is 0 Å². The lowest BCUT2D eigenvalue weighted by Gasteiger charge is -2.26. The zero-order valence-corrected chi connectivity index (χ0v) is 18.1. The molecule has 0 bridgehead atoms. The Balaban J connectivity index is 1.75. The summed E-state index contributed by atoms with van der Waals surface area (Å²) in [5.74, 6) is 0.554. The first kappa shape index (κ1) is 21.6. The number of hydrogen-bond acceptors (Lipinski definition) is 4. The zero-order valence-electron chi connectivity index (χ0n) is 17.4. The van der Waals surface area contributed by atoms with Crippen LogP contribution in [-0.2, 0) is 5.41 Å². The molecule has 0 aromatic heterocycles. The third-order valence-corrected chi connectivity index (χ3v) is 5.50. The molecule has 0 heterocycles. The van der Waals surface area contributed by atoms with Crippen molar-refractivity contribution in [2.45, 2.75) is 26.2 Å². The topological polar surface area (TPSA) is 52.6 Å². The van der Waals surface area contributed by atoms with Crippen LogP contribution >= 0.6 is 11.6 Å². The summed E-state index contributed by atoms with van der Waals surface area (Å²) in [6.45, 7) is 5.69. The maximum Gasteiger partial charge on any atom is 0.343 e. The summed E-state index contributed by atoms with van der Waals surface area (Å²) < 4.78 is 10.7. The van der Waals surface area contributed by atoms with Crippen LogP contribution in [0.3, 0.4) is 0 Å². The highest BCUT2D eigenvalue weighted by molar-refractivity contribution is 6.34. The minimum absolute atomic E-state index is 0.157. The van der Waals surface area contributed by atoms with Crippen LogP contribution in [0.25, 0.3) is 0 Å². The summed E-state index contributed by atoms with van der Waals surface area (Å²) in [5.41, 5.74) is 2.66. The van der Waals surface area contributed by atoms with Crippen LogP contribution in [0, 0.1) is 0 Å². The lowest BCUT2D eigenvalue weighted by atomic mass is 9.78. The van der Waals surface area contributed by atoms with E-state index >= 15 is 0 Å². The zero-order chi connectivity index (χ0) is 21.9. The third kappa shape index (κ3) is 4.55. The van der Waals surface area contributed by atoms with E-state index in [-0.39, 0.29) is 21.8 Å². The molecular weight excluding hydrogens is 400 g/mol. The monoisotopic (exact) mass is 422 g/mol. The largest absolute Gasteiger partial charge is 0.497 e. The Morgan fingerprint density at radius 2 is 1.37 bits per heavy atom. The van der Waals surface area contributed by atoms with Crippen LogP contribution in [0.4, 0.5) is 0 Å². The number of carbonyl (C=O) groups is 2. The molecule has 5 heteroatoms. The maximum absolute atomic E-state index is 12.4. The second-order valence-electron chi connectivity index (χ2n) is 7.52. The maximum atomic E-state index is 12.4. The molecule has 0 amide bonds. The quantitative estimate of drug-likeness (QED) is 0.274. The average molecular weight is 423 g/mol. The van der Waals surface area contributed by atoms with Gasteiger partial charge in [-0.3, -0.25) is 4.79 Å². The number of hydrogen-bond donors (Lipinski definition) is 0. The van der Waals surface area contributed by atoms with Gasteiger partial charge in [0.1, 0.15) is 11.5 Å². The highest BCUT2D eigenvalue weighted by Crippen LogP contribution is 2.33. The summed E-state index contributed by atoms with van der Waals surface area (Å²) in [6.07, 6.45) is 0. The number of halogens is 1. The molecule has 0 N–H and O–H groups in total. The Morgan fingerprint density at radius 1 is 0.833 bits per heavy atom. The van der Waals surface area contributed by atoms with Gasteiger partial charge >= 0.3 is 5.97 Å². The number of methoxy groups -OCH3 is 1. The Morgan fingerprint density at radius 3 is 1.83 bits per heavy atom. The number of benzene rings is 3. The van der Waals surface area contributed by atoms with Gasteiger partial charge in [-0.05, 0) is 60.5 Å². The first-order chi connectivity index (χ1) is 14.2. The van der Waals surface area contributed by atoms with Crippen molar-refractivity contribution in [2.24, 2.45) is 0 Å². The number of Topliss-reactive ketones (excluding diaryl/α,β-unsaturated/α-hetero) is 1. The molecule has 3 aromatic rings. The van der Waals surface area contributed by atoms with Gasteiger partial charge in [-0.15, -0.1) is 0 Å². The molecule has 4 nitrogen and oxygen atoms in total. The summed E-state index contributed by atoms with van der Waals surface area (Å²) in [6, 6.07) is 19.9. The number of ether oxygens (including phenoxy) is 2. The summed E-state index contributed by atoms with van der Waals surface area (Å²) in [7, 11) is 1.64. The van der Waals surface area contributed by atoms with Gasteiger partial charge in [-0.25, -0.2) is 4.79 Å². The van der Waals surface area contributed by atoms with E-state index in [1.165, 1.54) is 25.1 Å². The van der Waals surface area contributed by atoms with Crippen LogP contribution in [-0.4, -0.2) is 18.9 Å². The van der Waals surface area contributed by atoms with E-state index < -0.39 is 5.97 Å². The van der Waals surface area contributed by atoms with E-state index in [0.29, 0.717) is 11.3 Å². The fourth-order valence-electron chi connectivity index (χ4n) is 3.21. The molecule has 0 saturated carbocycles. The second-order valence-corrected chi connectivity index (χ2v) is 7.93. The standard InChI is InChI=1S/C25H23ClO4/c1-16(27)22-14-5-17(15-23(22)26)24(28)30-21-12-8-19(9-13-21)25(2,3)18-6-10-20(29-4)11-7-18/h5-15H,1-4H3. The molecule has 0 aliphatic rings. The third-order valence-electron chi connectivity index (χ3n) is 5.18. The van der Waals surface area contributed by atoms with Gasteiger partial charge in [0.15, 0.2) is 5.78 Å².